The molecule has 5 rings (SSSR count). The Balaban J connectivity index is 1.40. The Labute approximate surface area is 182 Å². The second-order valence-electron chi connectivity index (χ2n) is 7.18. The zero-order valence-electron chi connectivity index (χ0n) is 16.8. The summed E-state index contributed by atoms with van der Waals surface area (Å²) in [5.41, 5.74) is 1.50. The van der Waals surface area contributed by atoms with Crippen molar-refractivity contribution in [2.45, 2.75) is 6.54 Å². The Morgan fingerprint density at radius 2 is 1.78 bits per heavy atom. The van der Waals surface area contributed by atoms with Crippen LogP contribution >= 0.6 is 0 Å². The summed E-state index contributed by atoms with van der Waals surface area (Å²) in [6.07, 6.45) is 0. The summed E-state index contributed by atoms with van der Waals surface area (Å²) in [6, 6.07) is 18.7. The van der Waals surface area contributed by atoms with Gasteiger partial charge in [0.25, 0.3) is 0 Å². The van der Waals surface area contributed by atoms with E-state index in [1.807, 2.05) is 30.3 Å². The molecule has 3 N–H and O–H groups in total. The second kappa shape index (κ2) is 7.99. The van der Waals surface area contributed by atoms with Crippen LogP contribution in [0, 0.1) is 0 Å². The van der Waals surface area contributed by atoms with Gasteiger partial charge in [-0.15, -0.1) is 0 Å². The van der Waals surface area contributed by atoms with Gasteiger partial charge in [-0.2, -0.15) is 0 Å². The molecule has 8 nitrogen and oxygen atoms in total. The highest BCUT2D eigenvalue weighted by molar-refractivity contribution is 5.93. The maximum Gasteiger partial charge on any atom is 0.319 e. The van der Waals surface area contributed by atoms with Gasteiger partial charge >= 0.3 is 6.03 Å². The molecular formula is C24H18N2O6. The van der Waals surface area contributed by atoms with Crippen molar-refractivity contribution in [3.8, 4) is 28.6 Å². The molecule has 0 spiro atoms. The van der Waals surface area contributed by atoms with Crippen LogP contribution in [-0.2, 0) is 6.54 Å². The third kappa shape index (κ3) is 3.69. The van der Waals surface area contributed by atoms with E-state index in [1.54, 1.807) is 30.3 Å². The molecule has 0 saturated heterocycles. The third-order valence-electron chi connectivity index (χ3n) is 5.05. The van der Waals surface area contributed by atoms with Crippen LogP contribution in [0.3, 0.4) is 0 Å². The molecule has 0 radical (unpaired) electrons. The number of urea groups is 1. The standard InChI is InChI=1S/C24H18N2O6/c27-21-17-11-16(26-24(29)25-12-14-4-2-1-3-5-14)7-9-18(17)32-23(22(21)28)15-6-8-19-20(10-15)31-13-30-19/h1-11,28H,12-13H2,(H2,25,26,29). The number of benzene rings is 3. The van der Waals surface area contributed by atoms with Crippen molar-refractivity contribution >= 4 is 22.7 Å². The van der Waals surface area contributed by atoms with Gasteiger partial charge in [-0.25, -0.2) is 4.79 Å². The molecule has 3 aromatic carbocycles. The van der Waals surface area contributed by atoms with Crippen LogP contribution in [0.4, 0.5) is 10.5 Å². The minimum Gasteiger partial charge on any atom is -0.502 e. The van der Waals surface area contributed by atoms with Crippen LogP contribution in [0.15, 0.2) is 75.9 Å². The summed E-state index contributed by atoms with van der Waals surface area (Å²) in [7, 11) is 0. The van der Waals surface area contributed by atoms with E-state index >= 15 is 0 Å². The van der Waals surface area contributed by atoms with Crippen molar-refractivity contribution in [2.75, 3.05) is 12.1 Å². The maximum absolute atomic E-state index is 12.8. The molecule has 0 atom stereocenters. The van der Waals surface area contributed by atoms with Crippen LogP contribution in [0.25, 0.3) is 22.3 Å². The van der Waals surface area contributed by atoms with Crippen LogP contribution < -0.4 is 25.5 Å². The van der Waals surface area contributed by atoms with E-state index in [2.05, 4.69) is 10.6 Å². The smallest absolute Gasteiger partial charge is 0.319 e. The Bertz CT molecular complexity index is 1380. The lowest BCUT2D eigenvalue weighted by atomic mass is 10.1. The van der Waals surface area contributed by atoms with Gasteiger partial charge in [0.05, 0.1) is 5.39 Å². The van der Waals surface area contributed by atoms with Gasteiger partial charge in [0.15, 0.2) is 17.3 Å². The van der Waals surface area contributed by atoms with Crippen molar-refractivity contribution in [3.05, 3.63) is 82.5 Å². The van der Waals surface area contributed by atoms with E-state index in [9.17, 15) is 14.7 Å². The molecule has 1 aromatic heterocycles. The fourth-order valence-corrected chi connectivity index (χ4v) is 3.45. The Morgan fingerprint density at radius 1 is 0.969 bits per heavy atom. The van der Waals surface area contributed by atoms with Crippen molar-refractivity contribution < 1.29 is 23.8 Å². The third-order valence-corrected chi connectivity index (χ3v) is 5.05. The monoisotopic (exact) mass is 430 g/mol. The van der Waals surface area contributed by atoms with Gasteiger partial charge in [0.2, 0.25) is 18.0 Å². The molecule has 1 aliphatic heterocycles. The van der Waals surface area contributed by atoms with Gasteiger partial charge in [-0.3, -0.25) is 4.79 Å². The molecule has 160 valence electrons. The van der Waals surface area contributed by atoms with Gasteiger partial charge < -0.3 is 29.6 Å². The molecule has 4 aromatic rings. The fraction of sp³-hybridized carbons (Fsp3) is 0.0833. The number of carbonyl (C=O) groups excluding carboxylic acids is 1. The number of rotatable bonds is 4. The number of anilines is 1. The highest BCUT2D eigenvalue weighted by Gasteiger charge is 2.20. The zero-order chi connectivity index (χ0) is 22.1. The predicted molar refractivity (Wildman–Crippen MR) is 118 cm³/mol. The van der Waals surface area contributed by atoms with Gasteiger partial charge in [0.1, 0.15) is 5.58 Å². The molecule has 8 heteroatoms. The average Bonchev–Trinajstić information content (AvgIpc) is 3.29. The number of nitrogens with one attached hydrogen (secondary N) is 2. The van der Waals surface area contributed by atoms with Crippen molar-refractivity contribution in [1.29, 1.82) is 0 Å². The average molecular weight is 430 g/mol. The first-order valence-electron chi connectivity index (χ1n) is 9.87. The van der Waals surface area contributed by atoms with E-state index in [0.29, 0.717) is 29.3 Å². The molecule has 0 unspecified atom stereocenters. The fourth-order valence-electron chi connectivity index (χ4n) is 3.45. The largest absolute Gasteiger partial charge is 0.502 e. The lowest BCUT2D eigenvalue weighted by molar-refractivity contribution is 0.174. The van der Waals surface area contributed by atoms with Gasteiger partial charge in [-0.1, -0.05) is 30.3 Å². The van der Waals surface area contributed by atoms with E-state index in [1.165, 1.54) is 6.07 Å². The SMILES string of the molecule is O=C(NCc1ccccc1)Nc1ccc2oc(-c3ccc4c(c3)OCO4)c(O)c(=O)c2c1. The van der Waals surface area contributed by atoms with Crippen LogP contribution in [0.5, 0.6) is 17.2 Å². The normalized spacial score (nSPS) is 12.0. The van der Waals surface area contributed by atoms with E-state index in [4.69, 9.17) is 13.9 Å². The van der Waals surface area contributed by atoms with Gasteiger partial charge in [0, 0.05) is 17.8 Å². The first-order chi connectivity index (χ1) is 15.6. The topological polar surface area (TPSA) is 110 Å². The van der Waals surface area contributed by atoms with E-state index < -0.39 is 17.2 Å². The first-order valence-corrected chi connectivity index (χ1v) is 9.87. The first kappa shape index (κ1) is 19.5. The van der Waals surface area contributed by atoms with Crippen molar-refractivity contribution in [3.63, 3.8) is 0 Å². The minimum atomic E-state index is -0.604. The highest BCUT2D eigenvalue weighted by Crippen LogP contribution is 2.38. The number of aromatic hydroxyl groups is 1. The maximum atomic E-state index is 12.8. The van der Waals surface area contributed by atoms with Crippen molar-refractivity contribution in [1.82, 2.24) is 5.32 Å². The lowest BCUT2D eigenvalue weighted by Crippen LogP contribution is -2.28. The van der Waals surface area contributed by atoms with Crippen molar-refractivity contribution in [2.24, 2.45) is 0 Å². The second-order valence-corrected chi connectivity index (χ2v) is 7.18. The summed E-state index contributed by atoms with van der Waals surface area (Å²) < 4.78 is 16.4. The molecule has 1 aliphatic rings. The highest BCUT2D eigenvalue weighted by atomic mass is 16.7. The summed E-state index contributed by atoms with van der Waals surface area (Å²) in [6.45, 7) is 0.475. The predicted octanol–water partition coefficient (Wildman–Crippen LogP) is 4.22. The molecule has 32 heavy (non-hydrogen) atoms. The number of carbonyl (C=O) groups is 1. The van der Waals surface area contributed by atoms with Crippen LogP contribution in [0.1, 0.15) is 5.56 Å². The molecule has 2 amide bonds. The number of fused-ring (bicyclic) bond motifs is 2. The Kier molecular flexibility index (Phi) is 4.87. The summed E-state index contributed by atoms with van der Waals surface area (Å²) in [4.78, 5) is 25.0. The number of ether oxygens (including phenoxy) is 2. The Morgan fingerprint density at radius 3 is 2.62 bits per heavy atom. The quantitative estimate of drug-likeness (QED) is 0.447. The molecule has 2 heterocycles. The van der Waals surface area contributed by atoms with Gasteiger partial charge in [-0.05, 0) is 42.0 Å². The van der Waals surface area contributed by atoms with E-state index in [0.717, 1.165) is 5.56 Å². The number of amides is 2. The van der Waals surface area contributed by atoms with E-state index in [-0.39, 0.29) is 23.5 Å². The van der Waals surface area contributed by atoms with Crippen LogP contribution in [0.2, 0.25) is 0 Å². The minimum absolute atomic E-state index is 0.0297. The molecule has 0 bridgehead atoms. The summed E-state index contributed by atoms with van der Waals surface area (Å²) in [5.74, 6) is 0.590. The Hall–Kier alpha value is -4.46. The lowest BCUT2D eigenvalue weighted by Gasteiger charge is -2.10. The molecule has 0 aliphatic carbocycles. The number of hydrogen-bond acceptors (Lipinski definition) is 6. The summed E-state index contributed by atoms with van der Waals surface area (Å²) >= 11 is 0. The summed E-state index contributed by atoms with van der Waals surface area (Å²) in [5, 5.41) is 16.1. The molecule has 0 fully saturated rings. The molecular weight excluding hydrogens is 412 g/mol. The zero-order valence-corrected chi connectivity index (χ0v) is 16.8. The van der Waals surface area contributed by atoms with Crippen LogP contribution in [-0.4, -0.2) is 17.9 Å². The molecule has 0 saturated carbocycles. The number of hydrogen-bond donors (Lipinski definition) is 3.